The summed E-state index contributed by atoms with van der Waals surface area (Å²) in [4.78, 5) is 11.4. The third kappa shape index (κ3) is 1.94. The number of nitrogens with zero attached hydrogens (tertiary/aromatic N) is 1. The number of benzene rings is 1. The van der Waals surface area contributed by atoms with Crippen LogP contribution in [-0.4, -0.2) is 11.1 Å². The van der Waals surface area contributed by atoms with Gasteiger partial charge in [-0.3, -0.25) is 4.79 Å². The summed E-state index contributed by atoms with van der Waals surface area (Å²) in [6.07, 6.45) is 0. The highest BCUT2D eigenvalue weighted by Gasteiger charge is 2.12. The molecule has 0 aliphatic rings. The minimum Gasteiger partial charge on any atom is -0.397 e. The van der Waals surface area contributed by atoms with E-state index in [-0.39, 0.29) is 16.8 Å². The smallest absolute Gasteiger partial charge is 0.175 e. The number of anilines is 1. The van der Waals surface area contributed by atoms with Gasteiger partial charge in [0.25, 0.3) is 0 Å². The molecule has 1 aromatic carbocycles. The monoisotopic (exact) mass is 252 g/mol. The third-order valence-corrected chi connectivity index (χ3v) is 2.38. The number of nitrogen functional groups attached to an aromatic ring is 1. The number of rotatable bonds is 2. The molecule has 3 nitrogen and oxygen atoms in total. The van der Waals surface area contributed by atoms with Gasteiger partial charge >= 0.3 is 0 Å². The van der Waals surface area contributed by atoms with Crippen molar-refractivity contribution in [2.45, 2.75) is 6.92 Å². The van der Waals surface area contributed by atoms with Crippen LogP contribution in [0.25, 0.3) is 0 Å². The largest absolute Gasteiger partial charge is 0.397 e. The second kappa shape index (κ2) is 4.25. The van der Waals surface area contributed by atoms with Crippen molar-refractivity contribution in [3.05, 3.63) is 28.8 Å². The first-order chi connectivity index (χ1) is 6.60. The summed E-state index contributed by atoms with van der Waals surface area (Å²) in [5.74, 6) is -0.109. The van der Waals surface area contributed by atoms with Crippen molar-refractivity contribution in [3.8, 4) is 6.07 Å². The van der Waals surface area contributed by atoms with Crippen molar-refractivity contribution in [1.82, 2.24) is 0 Å². The first kappa shape index (κ1) is 10.7. The van der Waals surface area contributed by atoms with Gasteiger partial charge in [0.2, 0.25) is 0 Å². The van der Waals surface area contributed by atoms with E-state index in [1.807, 2.05) is 13.0 Å². The van der Waals surface area contributed by atoms with Crippen molar-refractivity contribution in [3.63, 3.8) is 0 Å². The molecule has 0 heterocycles. The van der Waals surface area contributed by atoms with Gasteiger partial charge in [-0.25, -0.2) is 0 Å². The lowest BCUT2D eigenvalue weighted by molar-refractivity contribution is 0.102. The number of carbonyl (C=O) groups is 1. The van der Waals surface area contributed by atoms with Crippen molar-refractivity contribution < 1.29 is 4.79 Å². The molecule has 14 heavy (non-hydrogen) atoms. The normalized spacial score (nSPS) is 9.50. The van der Waals surface area contributed by atoms with Crippen LogP contribution >= 0.6 is 15.9 Å². The maximum Gasteiger partial charge on any atom is 0.175 e. The van der Waals surface area contributed by atoms with E-state index in [4.69, 9.17) is 11.0 Å². The van der Waals surface area contributed by atoms with Crippen LogP contribution in [-0.2, 0) is 0 Å². The molecular formula is C10H9BrN2O. The minimum atomic E-state index is -0.109. The van der Waals surface area contributed by atoms with Gasteiger partial charge in [0.1, 0.15) is 6.07 Å². The summed E-state index contributed by atoms with van der Waals surface area (Å²) >= 11 is 3.07. The lowest BCUT2D eigenvalue weighted by Gasteiger charge is -2.06. The Morgan fingerprint density at radius 2 is 2.29 bits per heavy atom. The highest BCUT2D eigenvalue weighted by Crippen LogP contribution is 2.20. The Hall–Kier alpha value is -1.34. The standard InChI is InChI=1S/C10H9BrN2O/c1-6-2-7(5-12)10(13)8(3-6)9(14)4-11/h2-3H,4,13H2,1H3. The van der Waals surface area contributed by atoms with E-state index < -0.39 is 0 Å². The molecule has 0 unspecified atom stereocenters. The molecule has 0 fully saturated rings. The lowest BCUT2D eigenvalue weighted by Crippen LogP contribution is -2.07. The Bertz CT molecular complexity index is 421. The lowest BCUT2D eigenvalue weighted by atomic mass is 10.0. The average Bonchev–Trinajstić information content (AvgIpc) is 2.19. The fourth-order valence-electron chi connectivity index (χ4n) is 1.19. The summed E-state index contributed by atoms with van der Waals surface area (Å²) < 4.78 is 0. The van der Waals surface area contributed by atoms with Crippen LogP contribution in [0.4, 0.5) is 5.69 Å². The number of carbonyl (C=O) groups excluding carboxylic acids is 1. The average molecular weight is 253 g/mol. The zero-order chi connectivity index (χ0) is 10.7. The molecule has 0 bridgehead atoms. The van der Waals surface area contributed by atoms with Crippen LogP contribution < -0.4 is 5.73 Å². The summed E-state index contributed by atoms with van der Waals surface area (Å²) in [5.41, 5.74) is 7.57. The van der Waals surface area contributed by atoms with Gasteiger partial charge in [-0.2, -0.15) is 5.26 Å². The molecule has 0 saturated heterocycles. The quantitative estimate of drug-likeness (QED) is 0.498. The molecule has 1 aromatic rings. The van der Waals surface area contributed by atoms with Gasteiger partial charge in [0.05, 0.1) is 16.6 Å². The number of nitriles is 1. The number of ketones is 1. The molecule has 1 rings (SSSR count). The predicted octanol–water partition coefficient (Wildman–Crippen LogP) is 2.03. The number of nitrogens with two attached hydrogens (primary N) is 1. The molecule has 0 atom stereocenters. The molecule has 0 radical (unpaired) electrons. The number of halogens is 1. The Labute approximate surface area is 90.7 Å². The second-order valence-electron chi connectivity index (χ2n) is 2.94. The molecular weight excluding hydrogens is 244 g/mol. The van der Waals surface area contributed by atoms with Gasteiger partial charge in [-0.1, -0.05) is 15.9 Å². The predicted molar refractivity (Wildman–Crippen MR) is 58.4 cm³/mol. The number of Topliss-reactive ketones (excluding diaryl/α,β-unsaturated/α-hetero) is 1. The maximum atomic E-state index is 11.4. The maximum absolute atomic E-state index is 11.4. The first-order valence-corrected chi connectivity index (χ1v) is 5.11. The molecule has 0 aliphatic heterocycles. The summed E-state index contributed by atoms with van der Waals surface area (Å²) in [6, 6.07) is 5.32. The Kier molecular flexibility index (Phi) is 3.26. The van der Waals surface area contributed by atoms with Crippen molar-refractivity contribution in [1.29, 1.82) is 5.26 Å². The molecule has 0 saturated carbocycles. The third-order valence-electron chi connectivity index (χ3n) is 1.87. The van der Waals surface area contributed by atoms with Crippen molar-refractivity contribution in [2.24, 2.45) is 0 Å². The molecule has 72 valence electrons. The highest BCUT2D eigenvalue weighted by molar-refractivity contribution is 9.09. The van der Waals surface area contributed by atoms with Crippen molar-refractivity contribution >= 4 is 27.4 Å². The Morgan fingerprint density at radius 3 is 2.79 bits per heavy atom. The molecule has 0 aromatic heterocycles. The van der Waals surface area contributed by atoms with Gasteiger partial charge < -0.3 is 5.73 Å². The Morgan fingerprint density at radius 1 is 1.64 bits per heavy atom. The molecule has 0 aliphatic carbocycles. The van der Waals surface area contributed by atoms with Gasteiger partial charge in [0.15, 0.2) is 5.78 Å². The van der Waals surface area contributed by atoms with Crippen LogP contribution in [0.5, 0.6) is 0 Å². The fraction of sp³-hybridized carbons (Fsp3) is 0.200. The highest BCUT2D eigenvalue weighted by atomic mass is 79.9. The molecule has 0 amide bonds. The van der Waals surface area contributed by atoms with E-state index in [1.165, 1.54) is 0 Å². The first-order valence-electron chi connectivity index (χ1n) is 3.99. The zero-order valence-corrected chi connectivity index (χ0v) is 9.26. The second-order valence-corrected chi connectivity index (χ2v) is 3.50. The van der Waals surface area contributed by atoms with E-state index in [0.717, 1.165) is 5.56 Å². The van der Waals surface area contributed by atoms with Crippen LogP contribution in [0.15, 0.2) is 12.1 Å². The number of hydrogen-bond donors (Lipinski definition) is 1. The molecule has 2 N–H and O–H groups in total. The van der Waals surface area contributed by atoms with Gasteiger partial charge in [-0.15, -0.1) is 0 Å². The molecule has 0 spiro atoms. The zero-order valence-electron chi connectivity index (χ0n) is 7.67. The number of hydrogen-bond acceptors (Lipinski definition) is 3. The minimum absolute atomic E-state index is 0.109. The SMILES string of the molecule is Cc1cc(C#N)c(N)c(C(=O)CBr)c1. The van der Waals surface area contributed by atoms with E-state index >= 15 is 0 Å². The van der Waals surface area contributed by atoms with Crippen LogP contribution in [0, 0.1) is 18.3 Å². The van der Waals surface area contributed by atoms with Crippen LogP contribution in [0.3, 0.4) is 0 Å². The van der Waals surface area contributed by atoms with E-state index in [1.54, 1.807) is 12.1 Å². The summed E-state index contributed by atoms with van der Waals surface area (Å²) in [5, 5.41) is 8.98. The van der Waals surface area contributed by atoms with Gasteiger partial charge in [0, 0.05) is 5.56 Å². The Balaban J connectivity index is 3.38. The number of aryl methyl sites for hydroxylation is 1. The van der Waals surface area contributed by atoms with E-state index in [9.17, 15) is 4.79 Å². The fourth-order valence-corrected chi connectivity index (χ4v) is 1.49. The summed E-state index contributed by atoms with van der Waals surface area (Å²) in [7, 11) is 0. The van der Waals surface area contributed by atoms with Crippen LogP contribution in [0.2, 0.25) is 0 Å². The van der Waals surface area contributed by atoms with Gasteiger partial charge in [-0.05, 0) is 24.6 Å². The van der Waals surface area contributed by atoms with E-state index in [2.05, 4.69) is 15.9 Å². The van der Waals surface area contributed by atoms with Crippen molar-refractivity contribution in [2.75, 3.05) is 11.1 Å². The number of alkyl halides is 1. The van der Waals surface area contributed by atoms with E-state index in [0.29, 0.717) is 11.1 Å². The summed E-state index contributed by atoms with van der Waals surface area (Å²) in [6.45, 7) is 1.82. The van der Waals surface area contributed by atoms with Crippen LogP contribution in [0.1, 0.15) is 21.5 Å². The topological polar surface area (TPSA) is 66.9 Å². The molecule has 4 heteroatoms.